The molecule has 0 radical (unpaired) electrons. The van der Waals surface area contributed by atoms with Gasteiger partial charge in [-0.05, 0) is 25.1 Å². The number of nitrogens with two attached hydrogens (primary N) is 1. The van der Waals surface area contributed by atoms with Gasteiger partial charge in [-0.2, -0.15) is 0 Å². The summed E-state index contributed by atoms with van der Waals surface area (Å²) in [5, 5.41) is 3.70. The van der Waals surface area contributed by atoms with Gasteiger partial charge in [0.05, 0.1) is 5.69 Å². The first kappa shape index (κ1) is 11.9. The smallest absolute Gasteiger partial charge is 0.267 e. The first-order valence-electron chi connectivity index (χ1n) is 4.86. The summed E-state index contributed by atoms with van der Waals surface area (Å²) in [5.41, 5.74) is 6.82. The number of thiazole rings is 1. The minimum absolute atomic E-state index is 0.223. The molecule has 2 aromatic rings. The second-order valence-corrected chi connectivity index (χ2v) is 4.90. The molecule has 0 atom stereocenters. The van der Waals surface area contributed by atoms with Crippen LogP contribution in [0, 0.1) is 6.92 Å². The maximum absolute atomic E-state index is 11.9. The average Bonchev–Trinajstić information content (AvgIpc) is 2.58. The second kappa shape index (κ2) is 4.73. The van der Waals surface area contributed by atoms with Crippen LogP contribution in [0.5, 0.6) is 0 Å². The normalized spacial score (nSPS) is 10.2. The number of carbonyl (C=O) groups excluding carboxylic acids is 1. The number of rotatable bonds is 2. The summed E-state index contributed by atoms with van der Waals surface area (Å²) >= 11 is 7.00. The Bertz CT molecular complexity index is 568. The van der Waals surface area contributed by atoms with E-state index in [0.29, 0.717) is 26.4 Å². The van der Waals surface area contributed by atoms with Gasteiger partial charge in [0.1, 0.15) is 4.88 Å². The molecule has 0 fully saturated rings. The van der Waals surface area contributed by atoms with E-state index in [1.165, 1.54) is 11.3 Å². The van der Waals surface area contributed by atoms with Crippen LogP contribution in [0.2, 0.25) is 5.02 Å². The maximum Gasteiger partial charge on any atom is 0.267 e. The van der Waals surface area contributed by atoms with Gasteiger partial charge in [0.15, 0.2) is 5.13 Å². The van der Waals surface area contributed by atoms with E-state index in [9.17, 15) is 4.79 Å². The zero-order valence-corrected chi connectivity index (χ0v) is 10.6. The number of halogens is 1. The lowest BCUT2D eigenvalue weighted by Gasteiger charge is -2.03. The molecular weight excluding hydrogens is 258 g/mol. The van der Waals surface area contributed by atoms with Crippen LogP contribution in [-0.4, -0.2) is 10.9 Å². The highest BCUT2D eigenvalue weighted by atomic mass is 35.5. The number of hydrogen-bond donors (Lipinski definition) is 2. The summed E-state index contributed by atoms with van der Waals surface area (Å²) in [6.45, 7) is 1.75. The predicted molar refractivity (Wildman–Crippen MR) is 70.7 cm³/mol. The van der Waals surface area contributed by atoms with Gasteiger partial charge < -0.3 is 11.1 Å². The quantitative estimate of drug-likeness (QED) is 0.879. The summed E-state index contributed by atoms with van der Waals surface area (Å²) in [4.78, 5) is 16.4. The number of anilines is 2. The molecule has 2 rings (SSSR count). The fraction of sp³-hybridized carbons (Fsp3) is 0.0909. The predicted octanol–water partition coefficient (Wildman–Crippen LogP) is 2.94. The first-order valence-corrected chi connectivity index (χ1v) is 6.05. The standard InChI is InChI=1S/C11H10ClN3OS/c1-6-9(17-11(13)14-6)10(16)15-8-4-2-3-7(12)5-8/h2-5H,1H3,(H2,13,14)(H,15,16). The molecule has 0 spiro atoms. The molecule has 0 aliphatic carbocycles. The summed E-state index contributed by atoms with van der Waals surface area (Å²) in [6.07, 6.45) is 0. The van der Waals surface area contributed by atoms with Gasteiger partial charge in [-0.1, -0.05) is 29.0 Å². The Balaban J connectivity index is 2.20. The number of nitrogen functional groups attached to an aromatic ring is 1. The third kappa shape index (κ3) is 2.75. The molecule has 0 bridgehead atoms. The van der Waals surface area contributed by atoms with Crippen LogP contribution in [0.1, 0.15) is 15.4 Å². The molecule has 0 aliphatic rings. The lowest BCUT2D eigenvalue weighted by atomic mass is 10.3. The topological polar surface area (TPSA) is 68.0 Å². The van der Waals surface area contributed by atoms with Gasteiger partial charge in [-0.3, -0.25) is 4.79 Å². The lowest BCUT2D eigenvalue weighted by Crippen LogP contribution is -2.11. The van der Waals surface area contributed by atoms with E-state index >= 15 is 0 Å². The number of benzene rings is 1. The van der Waals surface area contributed by atoms with Crippen LogP contribution < -0.4 is 11.1 Å². The molecule has 1 aromatic heterocycles. The van der Waals surface area contributed by atoms with Crippen molar-refractivity contribution in [3.05, 3.63) is 39.9 Å². The van der Waals surface area contributed by atoms with Crippen molar-refractivity contribution in [3.63, 3.8) is 0 Å². The van der Waals surface area contributed by atoms with Crippen LogP contribution in [0.4, 0.5) is 10.8 Å². The molecule has 6 heteroatoms. The minimum atomic E-state index is -0.223. The summed E-state index contributed by atoms with van der Waals surface area (Å²) < 4.78 is 0. The van der Waals surface area contributed by atoms with Crippen molar-refractivity contribution in [1.82, 2.24) is 4.98 Å². The van der Waals surface area contributed by atoms with E-state index in [0.717, 1.165) is 0 Å². The van der Waals surface area contributed by atoms with Crippen LogP contribution >= 0.6 is 22.9 Å². The largest absolute Gasteiger partial charge is 0.375 e. The second-order valence-electron chi connectivity index (χ2n) is 3.43. The maximum atomic E-state index is 11.9. The highest BCUT2D eigenvalue weighted by molar-refractivity contribution is 7.17. The molecule has 0 aliphatic heterocycles. The molecular formula is C11H10ClN3OS. The van der Waals surface area contributed by atoms with Gasteiger partial charge in [0.25, 0.3) is 5.91 Å². The zero-order valence-electron chi connectivity index (χ0n) is 9.03. The molecule has 1 heterocycles. The summed E-state index contributed by atoms with van der Waals surface area (Å²) in [6, 6.07) is 6.96. The third-order valence-electron chi connectivity index (χ3n) is 2.10. The van der Waals surface area contributed by atoms with Crippen molar-refractivity contribution < 1.29 is 4.79 Å². The van der Waals surface area contributed by atoms with E-state index in [2.05, 4.69) is 10.3 Å². The summed E-state index contributed by atoms with van der Waals surface area (Å²) in [7, 11) is 0. The number of aromatic nitrogens is 1. The molecule has 1 amide bonds. The molecule has 4 nitrogen and oxygen atoms in total. The minimum Gasteiger partial charge on any atom is -0.375 e. The van der Waals surface area contributed by atoms with Crippen molar-refractivity contribution in [3.8, 4) is 0 Å². The Morgan fingerprint density at radius 2 is 2.29 bits per heavy atom. The lowest BCUT2D eigenvalue weighted by molar-refractivity contribution is 0.103. The average molecular weight is 268 g/mol. The van der Waals surface area contributed by atoms with Crippen LogP contribution in [-0.2, 0) is 0 Å². The molecule has 0 unspecified atom stereocenters. The van der Waals surface area contributed by atoms with Crippen molar-refractivity contribution in [2.45, 2.75) is 6.92 Å². The van der Waals surface area contributed by atoms with Crippen LogP contribution in [0.25, 0.3) is 0 Å². The highest BCUT2D eigenvalue weighted by Gasteiger charge is 2.14. The Morgan fingerprint density at radius 3 is 2.88 bits per heavy atom. The third-order valence-corrected chi connectivity index (χ3v) is 3.32. The van der Waals surface area contributed by atoms with Gasteiger partial charge in [-0.25, -0.2) is 4.98 Å². The van der Waals surface area contributed by atoms with E-state index < -0.39 is 0 Å². The van der Waals surface area contributed by atoms with E-state index in [1.54, 1.807) is 31.2 Å². The van der Waals surface area contributed by atoms with Crippen LogP contribution in [0.15, 0.2) is 24.3 Å². The molecule has 1 aromatic carbocycles. The molecule has 0 saturated carbocycles. The number of nitrogens with zero attached hydrogens (tertiary/aromatic N) is 1. The number of amides is 1. The first-order chi connectivity index (χ1) is 8.06. The van der Waals surface area contributed by atoms with Gasteiger partial charge in [0.2, 0.25) is 0 Å². The SMILES string of the molecule is Cc1nc(N)sc1C(=O)Nc1cccc(Cl)c1. The Kier molecular flexibility index (Phi) is 3.31. The molecule has 3 N–H and O–H groups in total. The molecule has 0 saturated heterocycles. The van der Waals surface area contributed by atoms with Crippen LogP contribution in [0.3, 0.4) is 0 Å². The fourth-order valence-electron chi connectivity index (χ4n) is 1.38. The number of aryl methyl sites for hydroxylation is 1. The number of carbonyl (C=O) groups is 1. The van der Waals surface area contributed by atoms with E-state index in [4.69, 9.17) is 17.3 Å². The number of nitrogens with one attached hydrogen (secondary N) is 1. The fourth-order valence-corrected chi connectivity index (χ4v) is 2.30. The van der Waals surface area contributed by atoms with Gasteiger partial charge in [0, 0.05) is 10.7 Å². The monoisotopic (exact) mass is 267 g/mol. The zero-order chi connectivity index (χ0) is 12.4. The highest BCUT2D eigenvalue weighted by Crippen LogP contribution is 2.22. The Hall–Kier alpha value is -1.59. The van der Waals surface area contributed by atoms with Gasteiger partial charge in [-0.15, -0.1) is 0 Å². The summed E-state index contributed by atoms with van der Waals surface area (Å²) in [5.74, 6) is -0.223. The molecule has 17 heavy (non-hydrogen) atoms. The number of hydrogen-bond acceptors (Lipinski definition) is 4. The van der Waals surface area contributed by atoms with E-state index in [1.807, 2.05) is 0 Å². The Morgan fingerprint density at radius 1 is 1.53 bits per heavy atom. The van der Waals surface area contributed by atoms with Crippen molar-refractivity contribution in [1.29, 1.82) is 0 Å². The van der Waals surface area contributed by atoms with Crippen molar-refractivity contribution in [2.24, 2.45) is 0 Å². The van der Waals surface area contributed by atoms with E-state index in [-0.39, 0.29) is 5.91 Å². The van der Waals surface area contributed by atoms with Crippen molar-refractivity contribution >= 4 is 39.7 Å². The molecule has 88 valence electrons. The van der Waals surface area contributed by atoms with Gasteiger partial charge >= 0.3 is 0 Å². The van der Waals surface area contributed by atoms with Crippen molar-refractivity contribution in [2.75, 3.05) is 11.1 Å². The Labute approximate surface area is 107 Å².